The molecular weight excluding hydrogens is 346 g/mol. The van der Waals surface area contributed by atoms with E-state index >= 15 is 0 Å². The van der Waals surface area contributed by atoms with Crippen LogP contribution in [0.3, 0.4) is 0 Å². The molecule has 0 aromatic heterocycles. The summed E-state index contributed by atoms with van der Waals surface area (Å²) < 4.78 is 6.29. The first-order valence-electron chi connectivity index (χ1n) is 9.08. The lowest BCUT2D eigenvalue weighted by Crippen LogP contribution is -2.44. The third-order valence-corrected chi connectivity index (χ3v) is 5.47. The normalized spacial score (nSPS) is 18.2. The van der Waals surface area contributed by atoms with Crippen LogP contribution in [0.2, 0.25) is 5.02 Å². The van der Waals surface area contributed by atoms with Gasteiger partial charge in [0.25, 0.3) is 0 Å². The van der Waals surface area contributed by atoms with Crippen LogP contribution in [0.1, 0.15) is 50.3 Å². The number of hydrogen-bond acceptors (Lipinski definition) is 2. The van der Waals surface area contributed by atoms with Gasteiger partial charge in [-0.3, -0.25) is 4.79 Å². The first-order chi connectivity index (χ1) is 12.6. The Morgan fingerprint density at radius 1 is 1.19 bits per heavy atom. The molecule has 1 amide bonds. The van der Waals surface area contributed by atoms with Crippen LogP contribution in [0.4, 0.5) is 0 Å². The number of amides is 1. The number of benzene rings is 2. The lowest BCUT2D eigenvalue weighted by molar-refractivity contribution is -0.117. The quantitative estimate of drug-likeness (QED) is 0.701. The Balaban J connectivity index is 1.79. The predicted molar refractivity (Wildman–Crippen MR) is 106 cm³/mol. The maximum absolute atomic E-state index is 12.5. The van der Waals surface area contributed by atoms with Gasteiger partial charge in [0.1, 0.15) is 11.4 Å². The van der Waals surface area contributed by atoms with Crippen molar-refractivity contribution in [2.24, 2.45) is 0 Å². The van der Waals surface area contributed by atoms with Crippen molar-refractivity contribution in [3.8, 4) is 5.75 Å². The van der Waals surface area contributed by atoms with Gasteiger partial charge in [0, 0.05) is 23.1 Å². The maximum atomic E-state index is 12.5. The number of para-hydroxylation sites is 1. The Morgan fingerprint density at radius 3 is 2.62 bits per heavy atom. The Bertz CT molecular complexity index is 811. The molecule has 1 heterocycles. The van der Waals surface area contributed by atoms with Crippen LogP contribution in [0.5, 0.6) is 5.75 Å². The van der Waals surface area contributed by atoms with Crippen molar-refractivity contribution in [2.45, 2.75) is 44.8 Å². The molecule has 4 heteroatoms. The molecular formula is C22H24ClNO2. The molecule has 2 aromatic carbocycles. The van der Waals surface area contributed by atoms with Crippen LogP contribution in [0.15, 0.2) is 54.6 Å². The summed E-state index contributed by atoms with van der Waals surface area (Å²) in [6.45, 7) is 4.27. The summed E-state index contributed by atoms with van der Waals surface area (Å²) in [5.41, 5.74) is 1.62. The molecule has 3 rings (SSSR count). The van der Waals surface area contributed by atoms with Gasteiger partial charge in [-0.2, -0.15) is 0 Å². The fourth-order valence-electron chi connectivity index (χ4n) is 3.43. The highest BCUT2D eigenvalue weighted by molar-refractivity contribution is 6.32. The average Bonchev–Trinajstić information content (AvgIpc) is 2.67. The summed E-state index contributed by atoms with van der Waals surface area (Å²) in [5, 5.41) is 3.77. The first-order valence-corrected chi connectivity index (χ1v) is 9.46. The smallest absolute Gasteiger partial charge is 0.244 e. The maximum Gasteiger partial charge on any atom is 0.244 e. The minimum Gasteiger partial charge on any atom is -0.487 e. The van der Waals surface area contributed by atoms with E-state index in [2.05, 4.69) is 19.2 Å². The summed E-state index contributed by atoms with van der Waals surface area (Å²) in [6.07, 6.45) is 5.86. The zero-order valence-corrected chi connectivity index (χ0v) is 15.9. The van der Waals surface area contributed by atoms with Crippen molar-refractivity contribution in [1.82, 2.24) is 5.32 Å². The lowest BCUT2D eigenvalue weighted by Gasteiger charge is -2.41. The number of ether oxygens (including phenoxy) is 1. The number of carbonyl (C=O) groups excluding carboxylic acids is 1. The Hall–Kier alpha value is -2.26. The average molecular weight is 370 g/mol. The van der Waals surface area contributed by atoms with Crippen LogP contribution in [0, 0.1) is 0 Å². The second-order valence-electron chi connectivity index (χ2n) is 6.65. The number of fused-ring (bicyclic) bond motifs is 1. The van der Waals surface area contributed by atoms with Crippen LogP contribution in [0.25, 0.3) is 6.08 Å². The molecule has 1 aliphatic rings. The minimum atomic E-state index is -0.237. The van der Waals surface area contributed by atoms with Crippen molar-refractivity contribution in [1.29, 1.82) is 0 Å². The van der Waals surface area contributed by atoms with Gasteiger partial charge < -0.3 is 10.1 Å². The van der Waals surface area contributed by atoms with Gasteiger partial charge in [-0.05, 0) is 36.6 Å². The van der Waals surface area contributed by atoms with Crippen molar-refractivity contribution < 1.29 is 9.53 Å². The van der Waals surface area contributed by atoms with Crippen LogP contribution >= 0.6 is 11.6 Å². The van der Waals surface area contributed by atoms with E-state index in [-0.39, 0.29) is 17.6 Å². The van der Waals surface area contributed by atoms with Crippen molar-refractivity contribution >= 4 is 23.6 Å². The molecule has 1 aliphatic heterocycles. The van der Waals surface area contributed by atoms with Gasteiger partial charge in [-0.1, -0.05) is 61.8 Å². The molecule has 26 heavy (non-hydrogen) atoms. The predicted octanol–water partition coefficient (Wildman–Crippen LogP) is 5.55. The second-order valence-corrected chi connectivity index (χ2v) is 7.06. The van der Waals surface area contributed by atoms with E-state index in [1.807, 2.05) is 48.5 Å². The largest absolute Gasteiger partial charge is 0.487 e. The van der Waals surface area contributed by atoms with Gasteiger partial charge in [0.2, 0.25) is 5.91 Å². The standard InChI is InChI=1S/C22H24ClNO2/c1-3-22(4-2)15-19(17-10-6-8-12-20(17)26-22)24-21(25)14-13-16-9-5-7-11-18(16)23/h5-14,19H,3-4,15H2,1-2H3,(H,24,25)/b14-13+/t19-/m1/s1. The van der Waals surface area contributed by atoms with E-state index < -0.39 is 0 Å². The molecule has 0 fully saturated rings. The third kappa shape index (κ3) is 3.94. The minimum absolute atomic E-state index is 0.0664. The summed E-state index contributed by atoms with van der Waals surface area (Å²) in [5.74, 6) is 0.732. The summed E-state index contributed by atoms with van der Waals surface area (Å²) in [4.78, 5) is 12.5. The number of hydrogen-bond donors (Lipinski definition) is 1. The first kappa shape index (κ1) is 18.5. The fourth-order valence-corrected chi connectivity index (χ4v) is 3.62. The monoisotopic (exact) mass is 369 g/mol. The van der Waals surface area contributed by atoms with Crippen LogP contribution < -0.4 is 10.1 Å². The topological polar surface area (TPSA) is 38.3 Å². The van der Waals surface area contributed by atoms with E-state index in [4.69, 9.17) is 16.3 Å². The molecule has 0 saturated carbocycles. The molecule has 0 spiro atoms. The summed E-state index contributed by atoms with van der Waals surface area (Å²) in [7, 11) is 0. The molecule has 0 aliphatic carbocycles. The number of halogens is 1. The highest BCUT2D eigenvalue weighted by Crippen LogP contribution is 2.42. The SMILES string of the molecule is CCC1(CC)C[C@@H](NC(=O)/C=C/c2ccccc2Cl)c2ccccc2O1. The van der Waals surface area contributed by atoms with E-state index in [1.165, 1.54) is 0 Å². The van der Waals surface area contributed by atoms with Crippen molar-refractivity contribution in [2.75, 3.05) is 0 Å². The third-order valence-electron chi connectivity index (χ3n) is 5.12. The molecule has 136 valence electrons. The molecule has 0 unspecified atom stereocenters. The van der Waals surface area contributed by atoms with E-state index in [0.717, 1.165) is 36.1 Å². The van der Waals surface area contributed by atoms with E-state index in [9.17, 15) is 4.79 Å². The van der Waals surface area contributed by atoms with Crippen molar-refractivity contribution in [3.63, 3.8) is 0 Å². The fraction of sp³-hybridized carbons (Fsp3) is 0.318. The van der Waals surface area contributed by atoms with Crippen molar-refractivity contribution in [3.05, 3.63) is 70.8 Å². The highest BCUT2D eigenvalue weighted by Gasteiger charge is 2.38. The summed E-state index contributed by atoms with van der Waals surface area (Å²) in [6, 6.07) is 15.3. The molecule has 1 N–H and O–H groups in total. The van der Waals surface area contributed by atoms with Gasteiger partial charge >= 0.3 is 0 Å². The number of nitrogens with one attached hydrogen (secondary N) is 1. The molecule has 0 bridgehead atoms. The Morgan fingerprint density at radius 2 is 1.88 bits per heavy atom. The molecule has 1 atom stereocenters. The van der Waals surface area contributed by atoms with E-state index in [1.54, 1.807) is 12.2 Å². The van der Waals surface area contributed by atoms with Crippen LogP contribution in [-0.2, 0) is 4.79 Å². The van der Waals surface area contributed by atoms with Crippen LogP contribution in [-0.4, -0.2) is 11.5 Å². The lowest BCUT2D eigenvalue weighted by atomic mass is 9.83. The van der Waals surface area contributed by atoms with Gasteiger partial charge in [-0.25, -0.2) is 0 Å². The zero-order valence-electron chi connectivity index (χ0n) is 15.2. The number of carbonyl (C=O) groups is 1. The summed E-state index contributed by atoms with van der Waals surface area (Å²) >= 11 is 6.14. The molecule has 3 nitrogen and oxygen atoms in total. The molecule has 0 saturated heterocycles. The Kier molecular flexibility index (Phi) is 5.67. The second kappa shape index (κ2) is 7.96. The number of rotatable bonds is 5. The highest BCUT2D eigenvalue weighted by atomic mass is 35.5. The van der Waals surface area contributed by atoms with E-state index in [0.29, 0.717) is 5.02 Å². The zero-order chi connectivity index (χ0) is 18.6. The molecule has 0 radical (unpaired) electrons. The van der Waals surface area contributed by atoms with Gasteiger partial charge in [0.05, 0.1) is 6.04 Å². The molecule has 2 aromatic rings. The Labute approximate surface area is 160 Å². The van der Waals surface area contributed by atoms with Gasteiger partial charge in [-0.15, -0.1) is 0 Å². The van der Waals surface area contributed by atoms with Gasteiger partial charge in [0.15, 0.2) is 0 Å².